The predicted molar refractivity (Wildman–Crippen MR) is 67.8 cm³/mol. The molecular weight excluding hydrogens is 246 g/mol. The highest BCUT2D eigenvalue weighted by Crippen LogP contribution is 2.31. The molecule has 0 aliphatic carbocycles. The van der Waals surface area contributed by atoms with Gasteiger partial charge in [0, 0.05) is 13.1 Å². The average molecular weight is 263 g/mol. The Morgan fingerprint density at radius 1 is 1.37 bits per heavy atom. The highest BCUT2D eigenvalue weighted by atomic mass is 16.4. The van der Waals surface area contributed by atoms with Crippen LogP contribution in [0, 0.1) is 19.3 Å². The molecule has 1 atom stereocenters. The number of rotatable bonds is 2. The molecule has 1 unspecified atom stereocenters. The standard InChI is InChI=1S/C13H17N3O3/c1-8-6-10(9(2)15-14-8)11(17)16-5-4-13(3,7-16)12(18)19/h6H,4-5,7H2,1-3H3,(H,18,19). The van der Waals surface area contributed by atoms with Gasteiger partial charge in [0.25, 0.3) is 5.91 Å². The molecule has 1 N–H and O–H groups in total. The van der Waals surface area contributed by atoms with Gasteiger partial charge in [0.2, 0.25) is 0 Å². The van der Waals surface area contributed by atoms with Gasteiger partial charge >= 0.3 is 5.97 Å². The van der Waals surface area contributed by atoms with Crippen molar-refractivity contribution in [2.75, 3.05) is 13.1 Å². The van der Waals surface area contributed by atoms with Crippen LogP contribution >= 0.6 is 0 Å². The lowest BCUT2D eigenvalue weighted by Gasteiger charge is -2.20. The van der Waals surface area contributed by atoms with Crippen molar-refractivity contribution in [3.8, 4) is 0 Å². The summed E-state index contributed by atoms with van der Waals surface area (Å²) in [5, 5.41) is 17.0. The van der Waals surface area contributed by atoms with Gasteiger partial charge in [-0.25, -0.2) is 0 Å². The molecule has 102 valence electrons. The molecule has 1 aromatic heterocycles. The van der Waals surface area contributed by atoms with Crippen LogP contribution < -0.4 is 0 Å². The number of carboxylic acid groups (broad SMARTS) is 1. The van der Waals surface area contributed by atoms with Gasteiger partial charge < -0.3 is 10.0 Å². The zero-order chi connectivity index (χ0) is 14.2. The Morgan fingerprint density at radius 2 is 2.05 bits per heavy atom. The van der Waals surface area contributed by atoms with Gasteiger partial charge in [-0.15, -0.1) is 0 Å². The van der Waals surface area contributed by atoms with Gasteiger partial charge in [0.15, 0.2) is 0 Å². The Hall–Kier alpha value is -1.98. The van der Waals surface area contributed by atoms with E-state index in [1.54, 1.807) is 31.7 Å². The van der Waals surface area contributed by atoms with Crippen LogP contribution in [0.1, 0.15) is 35.1 Å². The van der Waals surface area contributed by atoms with Crippen LogP contribution in [0.4, 0.5) is 0 Å². The van der Waals surface area contributed by atoms with Crippen molar-refractivity contribution in [1.82, 2.24) is 15.1 Å². The van der Waals surface area contributed by atoms with Crippen molar-refractivity contribution in [3.05, 3.63) is 23.0 Å². The van der Waals surface area contributed by atoms with E-state index in [2.05, 4.69) is 10.2 Å². The van der Waals surface area contributed by atoms with Crippen molar-refractivity contribution >= 4 is 11.9 Å². The van der Waals surface area contributed by atoms with Crippen LogP contribution in [0.25, 0.3) is 0 Å². The second-order valence-corrected chi connectivity index (χ2v) is 5.33. The van der Waals surface area contributed by atoms with Crippen molar-refractivity contribution < 1.29 is 14.7 Å². The second kappa shape index (κ2) is 4.60. The van der Waals surface area contributed by atoms with Crippen molar-refractivity contribution in [2.45, 2.75) is 27.2 Å². The highest BCUT2D eigenvalue weighted by molar-refractivity contribution is 5.96. The lowest BCUT2D eigenvalue weighted by atomic mass is 9.90. The second-order valence-electron chi connectivity index (χ2n) is 5.33. The van der Waals surface area contributed by atoms with Gasteiger partial charge in [0.05, 0.1) is 22.4 Å². The largest absolute Gasteiger partial charge is 0.481 e. The fraction of sp³-hybridized carbons (Fsp3) is 0.538. The molecule has 0 saturated carbocycles. The Kier molecular flexibility index (Phi) is 3.26. The fourth-order valence-electron chi connectivity index (χ4n) is 2.25. The topological polar surface area (TPSA) is 83.4 Å². The van der Waals surface area contributed by atoms with E-state index in [1.807, 2.05) is 0 Å². The molecule has 0 spiro atoms. The first-order valence-electron chi connectivity index (χ1n) is 6.17. The summed E-state index contributed by atoms with van der Waals surface area (Å²) < 4.78 is 0. The third kappa shape index (κ3) is 2.43. The SMILES string of the molecule is Cc1cc(C(=O)N2CCC(C)(C(=O)O)C2)c(C)nn1. The van der Waals surface area contributed by atoms with E-state index in [0.29, 0.717) is 29.9 Å². The van der Waals surface area contributed by atoms with Crippen LogP contribution in [0.3, 0.4) is 0 Å². The maximum atomic E-state index is 12.4. The molecule has 6 nitrogen and oxygen atoms in total. The van der Waals surface area contributed by atoms with Gasteiger partial charge in [-0.2, -0.15) is 10.2 Å². The summed E-state index contributed by atoms with van der Waals surface area (Å²) in [5.41, 5.74) is 0.898. The minimum absolute atomic E-state index is 0.166. The summed E-state index contributed by atoms with van der Waals surface area (Å²) in [5.74, 6) is -1.02. The van der Waals surface area contributed by atoms with Gasteiger partial charge in [-0.3, -0.25) is 9.59 Å². The Bertz CT molecular complexity index is 544. The van der Waals surface area contributed by atoms with E-state index in [1.165, 1.54) is 0 Å². The number of carbonyl (C=O) groups excluding carboxylic acids is 1. The zero-order valence-corrected chi connectivity index (χ0v) is 11.3. The van der Waals surface area contributed by atoms with Crippen LogP contribution in [0.5, 0.6) is 0 Å². The molecule has 0 aromatic carbocycles. The quantitative estimate of drug-likeness (QED) is 0.861. The number of aryl methyl sites for hydroxylation is 2. The number of likely N-dealkylation sites (tertiary alicyclic amines) is 1. The molecule has 1 saturated heterocycles. The first-order valence-corrected chi connectivity index (χ1v) is 6.17. The normalized spacial score (nSPS) is 22.6. The zero-order valence-electron chi connectivity index (χ0n) is 11.3. The molecule has 19 heavy (non-hydrogen) atoms. The monoisotopic (exact) mass is 263 g/mol. The molecule has 1 fully saturated rings. The smallest absolute Gasteiger partial charge is 0.311 e. The third-order valence-electron chi connectivity index (χ3n) is 3.61. The van der Waals surface area contributed by atoms with E-state index in [4.69, 9.17) is 0 Å². The van der Waals surface area contributed by atoms with Crippen molar-refractivity contribution in [2.24, 2.45) is 5.41 Å². The van der Waals surface area contributed by atoms with Gasteiger partial charge in [-0.05, 0) is 33.3 Å². The summed E-state index contributed by atoms with van der Waals surface area (Å²) >= 11 is 0. The number of carboxylic acids is 1. The van der Waals surface area contributed by atoms with E-state index >= 15 is 0 Å². The van der Waals surface area contributed by atoms with Crippen LogP contribution in [0.2, 0.25) is 0 Å². The number of aliphatic carboxylic acids is 1. The van der Waals surface area contributed by atoms with Crippen LogP contribution in [0.15, 0.2) is 6.07 Å². The first kappa shape index (κ1) is 13.5. The number of hydrogen-bond acceptors (Lipinski definition) is 4. The van der Waals surface area contributed by atoms with Gasteiger partial charge in [-0.1, -0.05) is 0 Å². The van der Waals surface area contributed by atoms with E-state index in [0.717, 1.165) is 0 Å². The van der Waals surface area contributed by atoms with E-state index in [9.17, 15) is 14.7 Å². The third-order valence-corrected chi connectivity index (χ3v) is 3.61. The molecule has 1 amide bonds. The molecule has 6 heteroatoms. The molecule has 0 bridgehead atoms. The first-order chi connectivity index (χ1) is 8.83. The number of hydrogen-bond donors (Lipinski definition) is 1. The number of amides is 1. The van der Waals surface area contributed by atoms with Crippen LogP contribution in [-0.4, -0.2) is 45.2 Å². The molecular formula is C13H17N3O3. The summed E-state index contributed by atoms with van der Waals surface area (Å²) in [7, 11) is 0. The van der Waals surface area contributed by atoms with E-state index < -0.39 is 11.4 Å². The highest BCUT2D eigenvalue weighted by Gasteiger charge is 2.42. The number of aromatic nitrogens is 2. The van der Waals surface area contributed by atoms with Gasteiger partial charge in [0.1, 0.15) is 0 Å². The molecule has 1 aliphatic heterocycles. The summed E-state index contributed by atoms with van der Waals surface area (Å²) in [6.45, 7) is 5.87. The fourth-order valence-corrected chi connectivity index (χ4v) is 2.25. The summed E-state index contributed by atoms with van der Waals surface area (Å²) in [4.78, 5) is 25.2. The molecule has 0 radical (unpaired) electrons. The molecule has 1 aliphatic rings. The lowest BCUT2D eigenvalue weighted by Crippen LogP contribution is -2.35. The Labute approximate surface area is 111 Å². The number of carbonyl (C=O) groups is 2. The van der Waals surface area contributed by atoms with Crippen LogP contribution in [-0.2, 0) is 4.79 Å². The van der Waals surface area contributed by atoms with E-state index in [-0.39, 0.29) is 12.5 Å². The van der Waals surface area contributed by atoms with Crippen molar-refractivity contribution in [1.29, 1.82) is 0 Å². The maximum Gasteiger partial charge on any atom is 0.311 e. The lowest BCUT2D eigenvalue weighted by molar-refractivity contribution is -0.147. The molecule has 2 rings (SSSR count). The maximum absolute atomic E-state index is 12.4. The summed E-state index contributed by atoms with van der Waals surface area (Å²) in [6, 6.07) is 1.70. The average Bonchev–Trinajstić information content (AvgIpc) is 2.76. The minimum Gasteiger partial charge on any atom is -0.481 e. The Balaban J connectivity index is 2.22. The van der Waals surface area contributed by atoms with Crippen molar-refractivity contribution in [3.63, 3.8) is 0 Å². The molecule has 1 aromatic rings. The number of nitrogens with zero attached hydrogens (tertiary/aromatic N) is 3. The molecule has 2 heterocycles. The minimum atomic E-state index is -0.858. The summed E-state index contributed by atoms with van der Waals surface area (Å²) in [6.07, 6.45) is 0.477. The predicted octanol–water partition coefficient (Wildman–Crippen LogP) is 1.03. The Morgan fingerprint density at radius 3 is 2.63 bits per heavy atom.